The van der Waals surface area contributed by atoms with Crippen molar-refractivity contribution in [3.63, 3.8) is 0 Å². The zero-order valence-corrected chi connectivity index (χ0v) is 20.4. The van der Waals surface area contributed by atoms with Crippen LogP contribution in [0.25, 0.3) is 0 Å². The van der Waals surface area contributed by atoms with E-state index in [2.05, 4.69) is 11.1 Å². The number of unbranched alkanes of at least 4 members (excludes halogenated alkanes) is 15. The molecule has 0 aliphatic rings. The Hall–Kier alpha value is -0.210. The maximum absolute atomic E-state index is 10.3. The van der Waals surface area contributed by atoms with E-state index in [9.17, 15) is 8.42 Å². The summed E-state index contributed by atoms with van der Waals surface area (Å²) in [5, 5.41) is 0. The molecule has 0 unspecified atom stereocenters. The van der Waals surface area contributed by atoms with Gasteiger partial charge in [-0.05, 0) is 20.3 Å². The summed E-state index contributed by atoms with van der Waals surface area (Å²) in [7, 11) is -4.24. The van der Waals surface area contributed by atoms with Crippen LogP contribution in [0.2, 0.25) is 0 Å². The van der Waals surface area contributed by atoms with Crippen LogP contribution in [0.4, 0.5) is 0 Å². The fourth-order valence-corrected chi connectivity index (χ4v) is 3.35. The highest BCUT2D eigenvalue weighted by Crippen LogP contribution is 2.13. The van der Waals surface area contributed by atoms with Gasteiger partial charge in [0.25, 0.3) is 0 Å². The highest BCUT2D eigenvalue weighted by molar-refractivity contribution is 7.80. The van der Waals surface area contributed by atoms with E-state index in [1.807, 2.05) is 13.8 Å². The molecular weight excluding hydrogens is 390 g/mol. The van der Waals surface area contributed by atoms with Crippen molar-refractivity contribution < 1.29 is 21.9 Å². The predicted molar refractivity (Wildman–Crippen MR) is 124 cm³/mol. The van der Waals surface area contributed by atoms with E-state index in [-0.39, 0.29) is 12.8 Å². The van der Waals surface area contributed by atoms with Crippen LogP contribution in [0.15, 0.2) is 0 Å². The maximum atomic E-state index is 10.3. The molecule has 0 aliphatic heterocycles. The number of rotatable bonds is 20. The van der Waals surface area contributed by atoms with E-state index in [1.165, 1.54) is 83.5 Å². The Morgan fingerprint density at radius 1 is 0.586 bits per heavy atom. The molecule has 0 saturated heterocycles. The van der Waals surface area contributed by atoms with Gasteiger partial charge in [-0.2, -0.15) is 8.42 Å². The molecule has 0 aromatic carbocycles. The van der Waals surface area contributed by atoms with Crippen LogP contribution < -0.4 is 6.15 Å². The minimum Gasteiger partial charge on any atom is -0.382 e. The van der Waals surface area contributed by atoms with Crippen molar-refractivity contribution in [2.45, 2.75) is 124 Å². The van der Waals surface area contributed by atoms with Crippen LogP contribution in [-0.2, 0) is 19.3 Å². The van der Waals surface area contributed by atoms with E-state index < -0.39 is 10.4 Å². The Bertz CT molecular complexity index is 375. The maximum Gasteiger partial charge on any atom is 0.397 e. The van der Waals surface area contributed by atoms with Crippen LogP contribution >= 0.6 is 0 Å². The highest BCUT2D eigenvalue weighted by atomic mass is 32.3. The lowest BCUT2D eigenvalue weighted by Crippen LogP contribution is -2.04. The van der Waals surface area contributed by atoms with Gasteiger partial charge in [-0.1, -0.05) is 103 Å². The van der Waals surface area contributed by atoms with Gasteiger partial charge in [-0.3, -0.25) is 4.55 Å². The van der Waals surface area contributed by atoms with Gasteiger partial charge in [0.05, 0.1) is 6.61 Å². The monoisotopic (exact) mass is 441 g/mol. The van der Waals surface area contributed by atoms with E-state index >= 15 is 0 Å². The zero-order valence-electron chi connectivity index (χ0n) is 19.6. The van der Waals surface area contributed by atoms with Crippen molar-refractivity contribution in [3.05, 3.63) is 0 Å². The van der Waals surface area contributed by atoms with Gasteiger partial charge in [0.15, 0.2) is 0 Å². The molecule has 0 rings (SSSR count). The van der Waals surface area contributed by atoms with Crippen LogP contribution in [0.3, 0.4) is 0 Å². The van der Waals surface area contributed by atoms with Gasteiger partial charge in [0.1, 0.15) is 0 Å². The van der Waals surface area contributed by atoms with E-state index in [0.29, 0.717) is 6.42 Å². The lowest BCUT2D eigenvalue weighted by atomic mass is 10.0. The molecule has 0 fully saturated rings. The third-order valence-electron chi connectivity index (χ3n) is 4.64. The molecule has 180 valence electrons. The van der Waals surface area contributed by atoms with Gasteiger partial charge in [-0.25, -0.2) is 4.18 Å². The van der Waals surface area contributed by atoms with E-state index in [0.717, 1.165) is 26.1 Å². The van der Waals surface area contributed by atoms with Gasteiger partial charge in [0, 0.05) is 13.2 Å². The van der Waals surface area contributed by atoms with Gasteiger partial charge in [-0.15, -0.1) is 0 Å². The molecule has 0 radical (unpaired) electrons. The van der Waals surface area contributed by atoms with Gasteiger partial charge in [0.2, 0.25) is 0 Å². The summed E-state index contributed by atoms with van der Waals surface area (Å²) < 4.78 is 38.2. The summed E-state index contributed by atoms with van der Waals surface area (Å²) in [5.41, 5.74) is 0. The molecule has 0 spiro atoms. The first-order valence-corrected chi connectivity index (χ1v) is 13.0. The van der Waals surface area contributed by atoms with E-state index in [4.69, 9.17) is 9.29 Å². The summed E-state index contributed by atoms with van der Waals surface area (Å²) in [6.07, 6.45) is 20.5. The van der Waals surface area contributed by atoms with Crippen LogP contribution in [0.1, 0.15) is 124 Å². The first-order chi connectivity index (χ1) is 13.5. The first-order valence-electron chi connectivity index (χ1n) is 11.7. The van der Waals surface area contributed by atoms with Crippen LogP contribution in [0.5, 0.6) is 0 Å². The van der Waals surface area contributed by atoms with Crippen molar-refractivity contribution in [3.8, 4) is 0 Å². The Labute approximate surface area is 182 Å². The average molecular weight is 442 g/mol. The molecule has 0 aromatic heterocycles. The third-order valence-corrected chi connectivity index (χ3v) is 5.10. The lowest BCUT2D eigenvalue weighted by Gasteiger charge is -2.03. The predicted octanol–water partition coefficient (Wildman–Crippen LogP) is 7.27. The smallest absolute Gasteiger partial charge is 0.382 e. The standard InChI is InChI=1S/C18H38O4S.C4H10O.H3N/c1-2-3-4-5-6-7-8-9-10-11-12-13-14-15-16-17-18-22-23(19,20)21;1-3-5-4-2;/h2-18H2,1H3,(H,19,20,21);3-4H2,1-2H3;1H3. The quantitative estimate of drug-likeness (QED) is 0.152. The van der Waals surface area contributed by atoms with E-state index in [1.54, 1.807) is 0 Å². The molecule has 0 heterocycles. The Morgan fingerprint density at radius 3 is 1.14 bits per heavy atom. The number of hydrogen-bond donors (Lipinski definition) is 2. The normalized spacial score (nSPS) is 10.9. The highest BCUT2D eigenvalue weighted by Gasteiger charge is 2.02. The zero-order chi connectivity index (χ0) is 21.3. The van der Waals surface area contributed by atoms with Crippen molar-refractivity contribution >= 4 is 10.4 Å². The topological polar surface area (TPSA) is 108 Å². The average Bonchev–Trinajstić information content (AvgIpc) is 2.64. The molecule has 4 N–H and O–H groups in total. The minimum atomic E-state index is -4.24. The van der Waals surface area contributed by atoms with Crippen molar-refractivity contribution in [2.75, 3.05) is 19.8 Å². The molecule has 0 amide bonds. The Morgan fingerprint density at radius 2 is 0.897 bits per heavy atom. The second kappa shape index (κ2) is 27.8. The molecule has 6 nitrogen and oxygen atoms in total. The van der Waals surface area contributed by atoms with Gasteiger partial charge < -0.3 is 10.9 Å². The number of hydrogen-bond acceptors (Lipinski definition) is 5. The summed E-state index contributed by atoms with van der Waals surface area (Å²) in [4.78, 5) is 0. The van der Waals surface area contributed by atoms with Crippen molar-refractivity contribution in [2.24, 2.45) is 0 Å². The molecule has 0 atom stereocenters. The second-order valence-corrected chi connectivity index (χ2v) is 8.43. The minimum absolute atomic E-state index is 0. The molecule has 7 heteroatoms. The summed E-state index contributed by atoms with van der Waals surface area (Å²) in [6.45, 7) is 8.02. The summed E-state index contributed by atoms with van der Waals surface area (Å²) in [6, 6.07) is 0. The van der Waals surface area contributed by atoms with Crippen LogP contribution in [-0.4, -0.2) is 32.8 Å². The number of ether oxygens (including phenoxy) is 1. The molecule has 0 aromatic rings. The lowest BCUT2D eigenvalue weighted by molar-refractivity contribution is 0.162. The molecule has 0 aliphatic carbocycles. The first kappa shape index (κ1) is 33.4. The molecule has 0 bridgehead atoms. The van der Waals surface area contributed by atoms with Crippen molar-refractivity contribution in [1.29, 1.82) is 0 Å². The summed E-state index contributed by atoms with van der Waals surface area (Å²) >= 11 is 0. The summed E-state index contributed by atoms with van der Waals surface area (Å²) in [5.74, 6) is 0. The molecule has 29 heavy (non-hydrogen) atoms. The molecule has 0 saturated carbocycles. The fourth-order valence-electron chi connectivity index (χ4n) is 3.02. The van der Waals surface area contributed by atoms with Gasteiger partial charge >= 0.3 is 10.4 Å². The third kappa shape index (κ3) is 38.9. The molecular formula is C22H51NO5S. The Balaban J connectivity index is -0.000000997. The Kier molecular flexibility index (Phi) is 32.0. The fraction of sp³-hybridized carbons (Fsp3) is 1.00. The SMILES string of the molecule is CCCCCCCCCCCCCCCCCCOS(=O)(=O)O.CCOCC.N. The van der Waals surface area contributed by atoms with Crippen molar-refractivity contribution in [1.82, 2.24) is 6.15 Å². The van der Waals surface area contributed by atoms with Crippen LogP contribution in [0, 0.1) is 0 Å². The second-order valence-electron chi connectivity index (χ2n) is 7.33. The largest absolute Gasteiger partial charge is 0.397 e.